The quantitative estimate of drug-likeness (QED) is 0.657. The first-order valence-corrected chi connectivity index (χ1v) is 10.0. The molecule has 1 saturated carbocycles. The number of hydrogen-bond donors (Lipinski definition) is 2. The molecule has 2 fully saturated rings. The molecular formula is C21H25F3N4O2. The summed E-state index contributed by atoms with van der Waals surface area (Å²) in [5, 5.41) is 12.0. The van der Waals surface area contributed by atoms with Crippen LogP contribution in [0.1, 0.15) is 38.7 Å². The number of nitrogens with zero attached hydrogens (tertiary/aromatic N) is 2. The Balaban J connectivity index is 1.79. The molecule has 1 aliphatic heterocycles. The summed E-state index contributed by atoms with van der Waals surface area (Å²) in [6.45, 7) is 3.52. The van der Waals surface area contributed by atoms with Crippen LogP contribution in [0.3, 0.4) is 0 Å². The van der Waals surface area contributed by atoms with Gasteiger partial charge >= 0.3 is 0 Å². The smallest absolute Gasteiger partial charge is 0.237 e. The minimum Gasteiger partial charge on any atom is -0.351 e. The third-order valence-corrected chi connectivity index (χ3v) is 5.89. The van der Waals surface area contributed by atoms with Crippen molar-refractivity contribution in [1.82, 2.24) is 10.2 Å². The summed E-state index contributed by atoms with van der Waals surface area (Å²) < 4.78 is 41.0. The average molecular weight is 422 g/mol. The maximum absolute atomic E-state index is 14.2. The molecule has 162 valence electrons. The summed E-state index contributed by atoms with van der Waals surface area (Å²) in [5.74, 6) is -4.20. The molecule has 2 aliphatic rings. The normalized spacial score (nSPS) is 24.2. The molecule has 0 radical (unpaired) electrons. The number of halogens is 3. The molecule has 1 aromatic rings. The Morgan fingerprint density at radius 2 is 1.90 bits per heavy atom. The maximum atomic E-state index is 14.2. The first-order valence-electron chi connectivity index (χ1n) is 10.0. The zero-order chi connectivity index (χ0) is 22.2. The molecule has 1 aromatic carbocycles. The zero-order valence-electron chi connectivity index (χ0n) is 16.9. The molecule has 0 spiro atoms. The summed E-state index contributed by atoms with van der Waals surface area (Å²) in [6.07, 6.45) is 1.05. The number of piperidine rings is 1. The lowest BCUT2D eigenvalue weighted by atomic mass is 9.99. The van der Waals surface area contributed by atoms with Crippen LogP contribution in [0.5, 0.6) is 0 Å². The minimum atomic E-state index is -1.32. The first kappa shape index (κ1) is 22.1. The highest BCUT2D eigenvalue weighted by Crippen LogP contribution is 2.47. The molecule has 5 atom stereocenters. The van der Waals surface area contributed by atoms with Gasteiger partial charge in [0.25, 0.3) is 0 Å². The van der Waals surface area contributed by atoms with E-state index in [1.54, 1.807) is 13.8 Å². The van der Waals surface area contributed by atoms with Crippen LogP contribution in [0.25, 0.3) is 0 Å². The van der Waals surface area contributed by atoms with Crippen molar-refractivity contribution in [2.24, 2.45) is 17.6 Å². The van der Waals surface area contributed by atoms with Gasteiger partial charge in [0.2, 0.25) is 11.8 Å². The molecule has 0 bridgehead atoms. The van der Waals surface area contributed by atoms with Gasteiger partial charge in [-0.15, -0.1) is 0 Å². The molecule has 4 unspecified atom stereocenters. The minimum absolute atomic E-state index is 0.0245. The topological polar surface area (TPSA) is 99.2 Å². The molecule has 0 aromatic heterocycles. The van der Waals surface area contributed by atoms with Crippen molar-refractivity contribution in [1.29, 1.82) is 5.26 Å². The van der Waals surface area contributed by atoms with Crippen molar-refractivity contribution in [2.75, 3.05) is 0 Å². The van der Waals surface area contributed by atoms with E-state index < -0.39 is 41.5 Å². The molecule has 3 N–H and O–H groups in total. The molecule has 1 saturated heterocycles. The SMILES string of the molecule is CC(C)C(N)C(=O)N[C@@H](CC(=O)N1C(C#N)CC2CC21)Cc1cc(F)c(F)cc1F. The lowest BCUT2D eigenvalue weighted by molar-refractivity contribution is -0.133. The fraction of sp³-hybridized carbons (Fsp3) is 0.571. The average Bonchev–Trinajstić information content (AvgIpc) is 3.34. The molecule has 9 heteroatoms. The monoisotopic (exact) mass is 422 g/mol. The van der Waals surface area contributed by atoms with E-state index in [4.69, 9.17) is 5.73 Å². The van der Waals surface area contributed by atoms with Crippen molar-refractivity contribution >= 4 is 11.8 Å². The highest BCUT2D eigenvalue weighted by Gasteiger charge is 2.54. The highest BCUT2D eigenvalue weighted by molar-refractivity contribution is 5.84. The van der Waals surface area contributed by atoms with Gasteiger partial charge < -0.3 is 16.0 Å². The molecule has 2 amide bonds. The van der Waals surface area contributed by atoms with Crippen molar-refractivity contribution in [3.05, 3.63) is 35.1 Å². The Morgan fingerprint density at radius 1 is 1.23 bits per heavy atom. The van der Waals surface area contributed by atoms with Crippen molar-refractivity contribution < 1.29 is 22.8 Å². The molecule has 1 heterocycles. The predicted octanol–water partition coefficient (Wildman–Crippen LogP) is 2.02. The second-order valence-corrected chi connectivity index (χ2v) is 8.49. The van der Waals surface area contributed by atoms with E-state index in [0.29, 0.717) is 18.4 Å². The second kappa shape index (κ2) is 8.64. The van der Waals surface area contributed by atoms with Crippen LogP contribution in [-0.2, 0) is 16.0 Å². The van der Waals surface area contributed by atoms with E-state index in [1.807, 2.05) is 0 Å². The number of hydrogen-bond acceptors (Lipinski definition) is 4. The van der Waals surface area contributed by atoms with E-state index in [1.165, 1.54) is 4.90 Å². The number of likely N-dealkylation sites (tertiary alicyclic amines) is 1. The van der Waals surface area contributed by atoms with Crippen molar-refractivity contribution in [2.45, 2.75) is 63.7 Å². The summed E-state index contributed by atoms with van der Waals surface area (Å²) in [6, 6.07) is 1.06. The van der Waals surface area contributed by atoms with Crippen LogP contribution in [0.2, 0.25) is 0 Å². The number of nitrogens with one attached hydrogen (secondary N) is 1. The Bertz CT molecular complexity index is 886. The Morgan fingerprint density at radius 3 is 2.53 bits per heavy atom. The predicted molar refractivity (Wildman–Crippen MR) is 102 cm³/mol. The number of carbonyl (C=O) groups excluding carboxylic acids is 2. The number of fused-ring (bicyclic) bond motifs is 1. The van der Waals surface area contributed by atoms with Gasteiger partial charge in [0, 0.05) is 24.6 Å². The van der Waals surface area contributed by atoms with Gasteiger partial charge in [-0.1, -0.05) is 13.8 Å². The lowest BCUT2D eigenvalue weighted by Gasteiger charge is -2.27. The van der Waals surface area contributed by atoms with Crippen molar-refractivity contribution in [3.63, 3.8) is 0 Å². The number of rotatable bonds is 7. The highest BCUT2D eigenvalue weighted by atomic mass is 19.2. The van der Waals surface area contributed by atoms with Gasteiger partial charge in [-0.3, -0.25) is 9.59 Å². The Kier molecular flexibility index (Phi) is 6.36. The largest absolute Gasteiger partial charge is 0.351 e. The summed E-state index contributed by atoms with van der Waals surface area (Å²) in [5.41, 5.74) is 5.71. The molecule has 3 rings (SSSR count). The lowest BCUT2D eigenvalue weighted by Crippen LogP contribution is -2.50. The molecule has 30 heavy (non-hydrogen) atoms. The van der Waals surface area contributed by atoms with Gasteiger partial charge in [0.1, 0.15) is 11.9 Å². The van der Waals surface area contributed by atoms with Crippen LogP contribution in [0.15, 0.2) is 12.1 Å². The standard InChI is InChI=1S/C21H25F3N4O2/c1-10(2)20(26)21(30)27-13(3-11-5-16(23)17(24)8-15(11)22)7-19(29)28-14(9-25)4-12-6-18(12)28/h5,8,10,12-14,18,20H,3-4,6-7,26H2,1-2H3,(H,27,30)/t12?,13-,14?,18?,20?/m1/s1. The molecule has 1 aliphatic carbocycles. The summed E-state index contributed by atoms with van der Waals surface area (Å²) in [4.78, 5) is 26.9. The van der Waals surface area contributed by atoms with E-state index in [0.717, 1.165) is 12.5 Å². The van der Waals surface area contributed by atoms with E-state index in [-0.39, 0.29) is 36.3 Å². The zero-order valence-corrected chi connectivity index (χ0v) is 16.9. The molecule has 6 nitrogen and oxygen atoms in total. The Hall–Kier alpha value is -2.60. The third kappa shape index (κ3) is 4.59. The van der Waals surface area contributed by atoms with Gasteiger partial charge in [-0.05, 0) is 42.7 Å². The van der Waals surface area contributed by atoms with Crippen LogP contribution < -0.4 is 11.1 Å². The van der Waals surface area contributed by atoms with E-state index in [2.05, 4.69) is 11.4 Å². The summed E-state index contributed by atoms with van der Waals surface area (Å²) >= 11 is 0. The maximum Gasteiger partial charge on any atom is 0.237 e. The third-order valence-electron chi connectivity index (χ3n) is 5.89. The van der Waals surface area contributed by atoms with E-state index in [9.17, 15) is 28.0 Å². The fourth-order valence-electron chi connectivity index (χ4n) is 4.01. The number of nitrogens with two attached hydrogens (primary N) is 1. The number of benzene rings is 1. The second-order valence-electron chi connectivity index (χ2n) is 8.49. The van der Waals surface area contributed by atoms with Gasteiger partial charge in [0.15, 0.2) is 11.6 Å². The summed E-state index contributed by atoms with van der Waals surface area (Å²) in [7, 11) is 0. The number of nitriles is 1. The van der Waals surface area contributed by atoms with Gasteiger partial charge in [-0.2, -0.15) is 5.26 Å². The number of carbonyl (C=O) groups is 2. The van der Waals surface area contributed by atoms with Crippen molar-refractivity contribution in [3.8, 4) is 6.07 Å². The Labute approximate surface area is 173 Å². The first-order chi connectivity index (χ1) is 14.1. The van der Waals surface area contributed by atoms with Crippen LogP contribution >= 0.6 is 0 Å². The number of amides is 2. The van der Waals surface area contributed by atoms with Crippen LogP contribution in [-0.4, -0.2) is 40.9 Å². The van der Waals surface area contributed by atoms with Crippen LogP contribution in [0, 0.1) is 40.6 Å². The van der Waals surface area contributed by atoms with Gasteiger partial charge in [0.05, 0.1) is 12.1 Å². The fourth-order valence-corrected chi connectivity index (χ4v) is 4.01. The van der Waals surface area contributed by atoms with E-state index >= 15 is 0 Å². The van der Waals surface area contributed by atoms with Crippen LogP contribution in [0.4, 0.5) is 13.2 Å². The molecular weight excluding hydrogens is 397 g/mol. The van der Waals surface area contributed by atoms with Gasteiger partial charge in [-0.25, -0.2) is 13.2 Å².